The topological polar surface area (TPSA) is 54.5 Å². The summed E-state index contributed by atoms with van der Waals surface area (Å²) in [5.41, 5.74) is 2.67. The average molecular weight is 313 g/mol. The van der Waals surface area contributed by atoms with Gasteiger partial charge in [-0.2, -0.15) is 0 Å². The van der Waals surface area contributed by atoms with Crippen LogP contribution in [0.4, 0.5) is 21.3 Å². The van der Waals surface area contributed by atoms with Gasteiger partial charge in [0.2, 0.25) is 0 Å². The van der Waals surface area contributed by atoms with Crippen molar-refractivity contribution in [3.63, 3.8) is 0 Å². The minimum Gasteiger partial charge on any atom is -0.452 e. The van der Waals surface area contributed by atoms with E-state index in [0.717, 1.165) is 26.7 Å². The van der Waals surface area contributed by atoms with Crippen LogP contribution in [0, 0.1) is 0 Å². The Morgan fingerprint density at radius 3 is 2.59 bits per heavy atom. The molecule has 3 rings (SSSR count). The summed E-state index contributed by atoms with van der Waals surface area (Å²) >= 11 is 1.60. The number of thiazole rings is 1. The van der Waals surface area contributed by atoms with Crippen molar-refractivity contribution in [2.75, 3.05) is 24.4 Å². The lowest BCUT2D eigenvalue weighted by Crippen LogP contribution is -2.25. The van der Waals surface area contributed by atoms with Gasteiger partial charge in [0, 0.05) is 18.4 Å². The highest BCUT2D eigenvalue weighted by molar-refractivity contribution is 7.22. The van der Waals surface area contributed by atoms with E-state index in [-0.39, 0.29) is 0 Å². The summed E-state index contributed by atoms with van der Waals surface area (Å²) in [6.45, 7) is 0. The average Bonchev–Trinajstić information content (AvgIpc) is 2.96. The van der Waals surface area contributed by atoms with Crippen molar-refractivity contribution in [1.29, 1.82) is 0 Å². The van der Waals surface area contributed by atoms with Gasteiger partial charge in [0.05, 0.1) is 17.3 Å². The molecular weight excluding hydrogens is 298 g/mol. The van der Waals surface area contributed by atoms with Crippen molar-refractivity contribution in [2.24, 2.45) is 0 Å². The number of aromatic nitrogens is 1. The Balaban J connectivity index is 1.77. The van der Waals surface area contributed by atoms with Crippen LogP contribution in [0.3, 0.4) is 0 Å². The predicted molar refractivity (Wildman–Crippen MR) is 90.2 cm³/mol. The molecule has 0 saturated carbocycles. The molecule has 22 heavy (non-hydrogen) atoms. The molecule has 0 atom stereocenters. The maximum Gasteiger partial charge on any atom is 0.413 e. The third kappa shape index (κ3) is 2.87. The maximum absolute atomic E-state index is 11.5. The summed E-state index contributed by atoms with van der Waals surface area (Å²) in [4.78, 5) is 17.4. The maximum atomic E-state index is 11.5. The molecule has 112 valence electrons. The van der Waals surface area contributed by atoms with Crippen molar-refractivity contribution in [3.05, 3.63) is 48.5 Å². The highest BCUT2D eigenvalue weighted by Crippen LogP contribution is 2.28. The van der Waals surface area contributed by atoms with Crippen molar-refractivity contribution in [2.45, 2.75) is 0 Å². The summed E-state index contributed by atoms with van der Waals surface area (Å²) < 4.78 is 5.83. The molecule has 0 saturated heterocycles. The molecule has 0 radical (unpaired) electrons. The zero-order valence-corrected chi connectivity index (χ0v) is 13.1. The van der Waals surface area contributed by atoms with E-state index in [2.05, 4.69) is 15.0 Å². The Morgan fingerprint density at radius 2 is 1.91 bits per heavy atom. The molecule has 2 aromatic carbocycles. The Bertz CT molecular complexity index is 766. The summed E-state index contributed by atoms with van der Waals surface area (Å²) in [5.74, 6) is 0. The van der Waals surface area contributed by atoms with Crippen LogP contribution in [-0.4, -0.2) is 25.2 Å². The number of hydrogen-bond acceptors (Lipinski definition) is 5. The number of anilines is 3. The van der Waals surface area contributed by atoms with E-state index in [1.807, 2.05) is 48.5 Å². The first-order valence-corrected chi connectivity index (χ1v) is 7.53. The monoisotopic (exact) mass is 313 g/mol. The molecular formula is C16H15N3O2S. The Morgan fingerprint density at radius 1 is 1.18 bits per heavy atom. The van der Waals surface area contributed by atoms with Gasteiger partial charge in [-0.15, -0.1) is 0 Å². The Labute approximate surface area is 132 Å². The van der Waals surface area contributed by atoms with Crippen molar-refractivity contribution in [3.8, 4) is 0 Å². The summed E-state index contributed by atoms with van der Waals surface area (Å²) in [6, 6.07) is 15.5. The molecule has 0 aliphatic carbocycles. The van der Waals surface area contributed by atoms with Crippen LogP contribution in [0.2, 0.25) is 0 Å². The molecule has 3 aromatic rings. The molecule has 0 aliphatic heterocycles. The van der Waals surface area contributed by atoms with Gasteiger partial charge >= 0.3 is 6.09 Å². The fraction of sp³-hybridized carbons (Fsp3) is 0.125. The van der Waals surface area contributed by atoms with Crippen LogP contribution in [0.15, 0.2) is 48.5 Å². The number of fused-ring (bicyclic) bond motifs is 1. The van der Waals surface area contributed by atoms with Crippen molar-refractivity contribution in [1.82, 2.24) is 4.98 Å². The second kappa shape index (κ2) is 6.03. The number of methoxy groups -OCH3 is 1. The molecule has 0 unspecified atom stereocenters. The van der Waals surface area contributed by atoms with E-state index in [4.69, 9.17) is 0 Å². The minimum absolute atomic E-state index is 0.396. The van der Waals surface area contributed by atoms with E-state index >= 15 is 0 Å². The van der Waals surface area contributed by atoms with E-state index in [1.165, 1.54) is 12.0 Å². The quantitative estimate of drug-likeness (QED) is 0.785. The molecule has 1 N–H and O–H groups in total. The number of ether oxygens (including phenoxy) is 1. The summed E-state index contributed by atoms with van der Waals surface area (Å²) in [6.07, 6.45) is -0.396. The zero-order valence-electron chi connectivity index (χ0n) is 12.2. The van der Waals surface area contributed by atoms with E-state index in [1.54, 1.807) is 18.4 Å². The molecule has 0 spiro atoms. The smallest absolute Gasteiger partial charge is 0.413 e. The third-order valence-electron chi connectivity index (χ3n) is 3.25. The van der Waals surface area contributed by atoms with Crippen LogP contribution >= 0.6 is 11.3 Å². The fourth-order valence-electron chi connectivity index (χ4n) is 2.06. The number of rotatable bonds is 3. The molecule has 1 amide bonds. The first-order valence-electron chi connectivity index (χ1n) is 6.72. The highest BCUT2D eigenvalue weighted by Gasteiger charge is 2.10. The Kier molecular flexibility index (Phi) is 3.93. The van der Waals surface area contributed by atoms with Crippen LogP contribution in [0.5, 0.6) is 0 Å². The molecule has 0 aliphatic rings. The SMILES string of the molecule is COC(=O)N(C)c1ccc(Nc2nc3ccccc3s2)cc1. The fourth-order valence-corrected chi connectivity index (χ4v) is 2.95. The number of amides is 1. The van der Waals surface area contributed by atoms with Crippen LogP contribution in [0.25, 0.3) is 10.2 Å². The van der Waals surface area contributed by atoms with Crippen molar-refractivity contribution < 1.29 is 9.53 Å². The predicted octanol–water partition coefficient (Wildman–Crippen LogP) is 4.24. The number of nitrogens with one attached hydrogen (secondary N) is 1. The summed E-state index contributed by atoms with van der Waals surface area (Å²) in [5, 5.41) is 4.12. The van der Waals surface area contributed by atoms with Gasteiger partial charge in [-0.05, 0) is 36.4 Å². The summed E-state index contributed by atoms with van der Waals surface area (Å²) in [7, 11) is 3.03. The molecule has 0 bridgehead atoms. The van der Waals surface area contributed by atoms with Gasteiger partial charge in [0.25, 0.3) is 0 Å². The number of hydrogen-bond donors (Lipinski definition) is 1. The van der Waals surface area contributed by atoms with E-state index < -0.39 is 6.09 Å². The van der Waals surface area contributed by atoms with Gasteiger partial charge in [-0.3, -0.25) is 4.90 Å². The van der Waals surface area contributed by atoms with Crippen LogP contribution in [-0.2, 0) is 4.74 Å². The number of carbonyl (C=O) groups is 1. The molecule has 1 heterocycles. The standard InChI is InChI=1S/C16H15N3O2S/c1-19(16(20)21-2)12-9-7-11(8-10-12)17-15-18-13-5-3-4-6-14(13)22-15/h3-10H,1-2H3,(H,17,18). The first kappa shape index (κ1) is 14.3. The number of para-hydroxylation sites is 1. The highest BCUT2D eigenvalue weighted by atomic mass is 32.1. The first-order chi connectivity index (χ1) is 10.7. The van der Waals surface area contributed by atoms with Gasteiger partial charge < -0.3 is 10.1 Å². The second-order valence-electron chi connectivity index (χ2n) is 4.69. The largest absolute Gasteiger partial charge is 0.452 e. The van der Waals surface area contributed by atoms with Crippen molar-refractivity contribution >= 4 is 44.2 Å². The van der Waals surface area contributed by atoms with Gasteiger partial charge in [-0.25, -0.2) is 9.78 Å². The lowest BCUT2D eigenvalue weighted by molar-refractivity contribution is 0.180. The number of benzene rings is 2. The van der Waals surface area contributed by atoms with Crippen LogP contribution in [0.1, 0.15) is 0 Å². The Hall–Kier alpha value is -2.60. The van der Waals surface area contributed by atoms with Gasteiger partial charge in [0.15, 0.2) is 5.13 Å². The lowest BCUT2D eigenvalue weighted by atomic mass is 10.2. The van der Waals surface area contributed by atoms with Gasteiger partial charge in [0.1, 0.15) is 0 Å². The van der Waals surface area contributed by atoms with Crippen LogP contribution < -0.4 is 10.2 Å². The lowest BCUT2D eigenvalue weighted by Gasteiger charge is -2.15. The molecule has 1 aromatic heterocycles. The second-order valence-corrected chi connectivity index (χ2v) is 5.72. The zero-order chi connectivity index (χ0) is 15.5. The number of carbonyl (C=O) groups excluding carboxylic acids is 1. The van der Waals surface area contributed by atoms with Gasteiger partial charge in [-0.1, -0.05) is 23.5 Å². The van der Waals surface area contributed by atoms with E-state index in [0.29, 0.717) is 0 Å². The normalized spacial score (nSPS) is 10.5. The molecule has 5 nitrogen and oxygen atoms in total. The molecule has 6 heteroatoms. The molecule has 0 fully saturated rings. The minimum atomic E-state index is -0.396. The number of nitrogens with zero attached hydrogens (tertiary/aromatic N) is 2. The third-order valence-corrected chi connectivity index (χ3v) is 4.20. The van der Waals surface area contributed by atoms with E-state index in [9.17, 15) is 4.79 Å².